The van der Waals surface area contributed by atoms with Crippen molar-refractivity contribution in [2.75, 3.05) is 6.54 Å². The van der Waals surface area contributed by atoms with Gasteiger partial charge in [-0.1, -0.05) is 23.7 Å². The van der Waals surface area contributed by atoms with Gasteiger partial charge in [0.1, 0.15) is 12.0 Å². The fourth-order valence-corrected chi connectivity index (χ4v) is 3.14. The number of pyridine rings is 1. The summed E-state index contributed by atoms with van der Waals surface area (Å²) in [5, 5.41) is 5.04. The molecule has 0 saturated carbocycles. The van der Waals surface area contributed by atoms with Gasteiger partial charge in [0.15, 0.2) is 11.6 Å². The standard InChI is InChI=1S/C19H16ClF4N5/c20-13-3-5-17-12(7-13)2-6-18(28-17)19(23,24)14(9-29(26)10-27-25)11-1-4-15(21)16(22)8-11/h1-8,10,14H,9,25-26H2/b27-10-. The third-order valence-electron chi connectivity index (χ3n) is 4.38. The number of aromatic nitrogens is 1. The zero-order valence-electron chi connectivity index (χ0n) is 14.9. The predicted molar refractivity (Wildman–Crippen MR) is 103 cm³/mol. The molecule has 10 heteroatoms. The summed E-state index contributed by atoms with van der Waals surface area (Å²) in [7, 11) is 0. The van der Waals surface area contributed by atoms with Gasteiger partial charge in [0.05, 0.1) is 11.4 Å². The Bertz CT molecular complexity index is 1060. The fraction of sp³-hybridized carbons (Fsp3) is 0.158. The molecule has 1 unspecified atom stereocenters. The molecule has 3 rings (SSSR count). The molecule has 1 aromatic heterocycles. The smallest absolute Gasteiger partial charge is 0.298 e. The maximum absolute atomic E-state index is 15.5. The first kappa shape index (κ1) is 20.8. The lowest BCUT2D eigenvalue weighted by molar-refractivity contribution is -0.0431. The molecule has 0 aliphatic heterocycles. The van der Waals surface area contributed by atoms with Gasteiger partial charge in [-0.05, 0) is 42.0 Å². The van der Waals surface area contributed by atoms with Gasteiger partial charge in [0.2, 0.25) is 0 Å². The van der Waals surface area contributed by atoms with Crippen molar-refractivity contribution in [1.29, 1.82) is 0 Å². The molecule has 152 valence electrons. The van der Waals surface area contributed by atoms with Crippen molar-refractivity contribution in [2.45, 2.75) is 11.8 Å². The molecular weight excluding hydrogens is 410 g/mol. The molecule has 0 spiro atoms. The van der Waals surface area contributed by atoms with E-state index in [4.69, 9.17) is 23.3 Å². The number of rotatable bonds is 6. The largest absolute Gasteiger partial charge is 0.322 e. The summed E-state index contributed by atoms with van der Waals surface area (Å²) in [6.45, 7) is -0.487. The number of halogens is 5. The zero-order chi connectivity index (χ0) is 21.2. The second-order valence-electron chi connectivity index (χ2n) is 6.34. The average Bonchev–Trinajstić information content (AvgIpc) is 2.68. The Morgan fingerprint density at radius 3 is 2.55 bits per heavy atom. The summed E-state index contributed by atoms with van der Waals surface area (Å²) < 4.78 is 58.0. The second kappa shape index (κ2) is 8.22. The van der Waals surface area contributed by atoms with Crippen molar-refractivity contribution in [2.24, 2.45) is 16.8 Å². The first-order valence-corrected chi connectivity index (χ1v) is 8.74. The van der Waals surface area contributed by atoms with E-state index < -0.39 is 35.7 Å². The van der Waals surface area contributed by atoms with Crippen molar-refractivity contribution in [1.82, 2.24) is 9.99 Å². The van der Waals surface area contributed by atoms with E-state index in [2.05, 4.69) is 10.1 Å². The van der Waals surface area contributed by atoms with Crippen LogP contribution in [0, 0.1) is 11.6 Å². The SMILES string of the molecule is N/N=C\N(N)CC(c1ccc(F)c(F)c1)C(F)(F)c1ccc2cc(Cl)ccc2n1. The predicted octanol–water partition coefficient (Wildman–Crippen LogP) is 4.12. The van der Waals surface area contributed by atoms with Gasteiger partial charge in [-0.3, -0.25) is 5.01 Å². The van der Waals surface area contributed by atoms with Crippen molar-refractivity contribution in [3.05, 3.63) is 76.4 Å². The summed E-state index contributed by atoms with van der Waals surface area (Å²) in [6.07, 6.45) is 0.943. The molecular formula is C19H16ClF4N5. The van der Waals surface area contributed by atoms with Crippen LogP contribution in [0.2, 0.25) is 5.02 Å². The number of nitrogens with zero attached hydrogens (tertiary/aromatic N) is 3. The maximum Gasteiger partial charge on any atom is 0.298 e. The van der Waals surface area contributed by atoms with E-state index in [1.165, 1.54) is 18.2 Å². The maximum atomic E-state index is 15.5. The van der Waals surface area contributed by atoms with Gasteiger partial charge in [-0.15, -0.1) is 0 Å². The number of hydrazone groups is 1. The molecule has 0 radical (unpaired) electrons. The van der Waals surface area contributed by atoms with Crippen LogP contribution in [0.3, 0.4) is 0 Å². The van der Waals surface area contributed by atoms with Gasteiger partial charge in [-0.2, -0.15) is 13.9 Å². The lowest BCUT2D eigenvalue weighted by Crippen LogP contribution is -2.40. The summed E-state index contributed by atoms with van der Waals surface area (Å²) in [6, 6.07) is 9.82. The van der Waals surface area contributed by atoms with Crippen molar-refractivity contribution >= 4 is 28.8 Å². The lowest BCUT2D eigenvalue weighted by atomic mass is 9.89. The summed E-state index contributed by atoms with van der Waals surface area (Å²) >= 11 is 5.91. The Morgan fingerprint density at radius 2 is 1.86 bits per heavy atom. The number of hydrazine groups is 1. The van der Waals surface area contributed by atoms with Gasteiger partial charge in [-0.25, -0.2) is 19.6 Å². The van der Waals surface area contributed by atoms with Crippen LogP contribution in [0.15, 0.2) is 53.6 Å². The second-order valence-corrected chi connectivity index (χ2v) is 6.78. The molecule has 0 saturated heterocycles. The van der Waals surface area contributed by atoms with Crippen LogP contribution in [0.25, 0.3) is 10.9 Å². The van der Waals surface area contributed by atoms with E-state index >= 15 is 8.78 Å². The number of benzene rings is 2. The van der Waals surface area contributed by atoms with Gasteiger partial charge in [0, 0.05) is 17.0 Å². The van der Waals surface area contributed by atoms with Crippen LogP contribution in [-0.4, -0.2) is 22.9 Å². The third-order valence-corrected chi connectivity index (χ3v) is 4.62. The Hall–Kier alpha value is -2.91. The molecule has 0 aliphatic rings. The van der Waals surface area contributed by atoms with Crippen LogP contribution < -0.4 is 11.7 Å². The Labute approximate surface area is 168 Å². The Balaban J connectivity index is 2.08. The molecule has 0 aliphatic carbocycles. The number of fused-ring (bicyclic) bond motifs is 1. The van der Waals surface area contributed by atoms with Crippen molar-refractivity contribution in [3.8, 4) is 0 Å². The minimum Gasteiger partial charge on any atom is -0.322 e. The van der Waals surface area contributed by atoms with Gasteiger partial charge < -0.3 is 5.84 Å². The molecule has 5 nitrogen and oxygen atoms in total. The summed E-state index contributed by atoms with van der Waals surface area (Å²) in [4.78, 5) is 4.03. The van der Waals surface area contributed by atoms with Crippen LogP contribution in [-0.2, 0) is 5.92 Å². The number of alkyl halides is 2. The average molecular weight is 426 g/mol. The molecule has 0 amide bonds. The van der Waals surface area contributed by atoms with Gasteiger partial charge in [0.25, 0.3) is 5.92 Å². The minimum absolute atomic E-state index is 0.159. The van der Waals surface area contributed by atoms with E-state index in [0.717, 1.165) is 29.5 Å². The molecule has 3 aromatic rings. The quantitative estimate of drug-likeness (QED) is 0.205. The zero-order valence-corrected chi connectivity index (χ0v) is 15.6. The molecule has 0 fully saturated rings. The highest BCUT2D eigenvalue weighted by Crippen LogP contribution is 2.42. The van der Waals surface area contributed by atoms with Crippen LogP contribution >= 0.6 is 11.6 Å². The highest BCUT2D eigenvalue weighted by atomic mass is 35.5. The van der Waals surface area contributed by atoms with E-state index in [0.29, 0.717) is 22.0 Å². The highest BCUT2D eigenvalue weighted by Gasteiger charge is 2.44. The van der Waals surface area contributed by atoms with Crippen molar-refractivity contribution in [3.63, 3.8) is 0 Å². The number of nitrogens with two attached hydrogens (primary N) is 2. The van der Waals surface area contributed by atoms with Gasteiger partial charge >= 0.3 is 0 Å². The van der Waals surface area contributed by atoms with E-state index in [1.807, 2.05) is 0 Å². The van der Waals surface area contributed by atoms with Crippen LogP contribution in [0.5, 0.6) is 0 Å². The Kier molecular flexibility index (Phi) is 5.90. The number of hydrogen-bond donors (Lipinski definition) is 2. The van der Waals surface area contributed by atoms with Crippen molar-refractivity contribution < 1.29 is 17.6 Å². The van der Waals surface area contributed by atoms with E-state index in [1.54, 1.807) is 6.07 Å². The van der Waals surface area contributed by atoms with Crippen LogP contribution in [0.4, 0.5) is 17.6 Å². The normalized spacial score (nSPS) is 13.2. The molecule has 1 atom stereocenters. The molecule has 0 bridgehead atoms. The highest BCUT2D eigenvalue weighted by molar-refractivity contribution is 6.31. The molecule has 29 heavy (non-hydrogen) atoms. The fourth-order valence-electron chi connectivity index (χ4n) is 2.96. The third kappa shape index (κ3) is 4.41. The first-order valence-electron chi connectivity index (χ1n) is 8.36. The van der Waals surface area contributed by atoms with Crippen LogP contribution in [0.1, 0.15) is 17.2 Å². The lowest BCUT2D eigenvalue weighted by Gasteiger charge is -2.29. The number of hydrogen-bond acceptors (Lipinski definition) is 4. The molecule has 4 N–H and O–H groups in total. The molecule has 2 aromatic carbocycles. The summed E-state index contributed by atoms with van der Waals surface area (Å²) in [5.74, 6) is 3.00. The van der Waals surface area contributed by atoms with E-state index in [-0.39, 0.29) is 5.56 Å². The topological polar surface area (TPSA) is 80.5 Å². The summed E-state index contributed by atoms with van der Waals surface area (Å²) in [5.41, 5.74) is -0.406. The monoisotopic (exact) mass is 425 g/mol. The minimum atomic E-state index is -3.59. The molecule has 1 heterocycles. The van der Waals surface area contributed by atoms with E-state index in [9.17, 15) is 8.78 Å². The first-order chi connectivity index (χ1) is 13.7. The Morgan fingerprint density at radius 1 is 1.10 bits per heavy atom.